The number of hydrogen-bond acceptors (Lipinski definition) is 5. The van der Waals surface area contributed by atoms with Crippen LogP contribution >= 0.6 is 9.24 Å². The van der Waals surface area contributed by atoms with E-state index in [1.165, 1.54) is 16.4 Å². The lowest BCUT2D eigenvalue weighted by atomic mass is 10.00. The summed E-state index contributed by atoms with van der Waals surface area (Å²) in [6.45, 7) is 10.1. The molecule has 1 atom stereocenters. The average Bonchev–Trinajstić information content (AvgIpc) is 2.81. The predicted molar refractivity (Wildman–Crippen MR) is 111 cm³/mol. The molecule has 2 aliphatic heterocycles. The van der Waals surface area contributed by atoms with Crippen LogP contribution in [0.4, 0.5) is 10.5 Å². The Morgan fingerprint density at radius 1 is 1.26 bits per heavy atom. The molecule has 1 aromatic carbocycles. The van der Waals surface area contributed by atoms with Gasteiger partial charge in [0.2, 0.25) is 0 Å². The SMILES string of the molecule is COCCN1CCOc2cc3c(c(P)c21)CCN(C(=O)OC(C)(C)C)CC3. The lowest BCUT2D eigenvalue weighted by Gasteiger charge is -2.34. The summed E-state index contributed by atoms with van der Waals surface area (Å²) in [7, 11) is 4.64. The molecular formula is C20H31N2O4P. The van der Waals surface area contributed by atoms with Gasteiger partial charge < -0.3 is 24.0 Å². The Hall–Kier alpha value is -1.52. The summed E-state index contributed by atoms with van der Waals surface area (Å²) in [6.07, 6.45) is 1.40. The molecule has 0 aliphatic carbocycles. The Labute approximate surface area is 164 Å². The van der Waals surface area contributed by atoms with Gasteiger partial charge in [-0.05, 0) is 50.8 Å². The summed E-state index contributed by atoms with van der Waals surface area (Å²) >= 11 is 0. The topological polar surface area (TPSA) is 51.2 Å². The van der Waals surface area contributed by atoms with Crippen molar-refractivity contribution in [3.63, 3.8) is 0 Å². The Morgan fingerprint density at radius 2 is 2.00 bits per heavy atom. The fourth-order valence-corrected chi connectivity index (χ4v) is 4.30. The second-order valence-electron chi connectivity index (χ2n) is 8.07. The molecule has 2 aliphatic rings. The zero-order chi connectivity index (χ0) is 19.6. The first-order valence-electron chi connectivity index (χ1n) is 9.59. The van der Waals surface area contributed by atoms with E-state index in [4.69, 9.17) is 14.2 Å². The number of ether oxygens (including phenoxy) is 3. The zero-order valence-electron chi connectivity index (χ0n) is 16.8. The van der Waals surface area contributed by atoms with Crippen LogP contribution in [0, 0.1) is 0 Å². The van der Waals surface area contributed by atoms with E-state index in [1.54, 1.807) is 7.11 Å². The molecule has 2 heterocycles. The summed E-state index contributed by atoms with van der Waals surface area (Å²) in [5.41, 5.74) is 3.24. The molecule has 3 rings (SSSR count). The molecule has 0 spiro atoms. The minimum Gasteiger partial charge on any atom is -0.490 e. The molecule has 0 saturated carbocycles. The van der Waals surface area contributed by atoms with E-state index < -0.39 is 5.60 Å². The molecule has 150 valence electrons. The Morgan fingerprint density at radius 3 is 2.70 bits per heavy atom. The third-order valence-electron chi connectivity index (χ3n) is 4.94. The van der Waals surface area contributed by atoms with Crippen LogP contribution < -0.4 is 14.9 Å². The van der Waals surface area contributed by atoms with Gasteiger partial charge >= 0.3 is 6.09 Å². The van der Waals surface area contributed by atoms with Gasteiger partial charge in [-0.3, -0.25) is 0 Å². The maximum absolute atomic E-state index is 12.5. The highest BCUT2D eigenvalue weighted by molar-refractivity contribution is 7.28. The van der Waals surface area contributed by atoms with Gasteiger partial charge in [0.05, 0.1) is 18.8 Å². The van der Waals surface area contributed by atoms with Crippen molar-refractivity contribution in [3.8, 4) is 5.75 Å². The maximum Gasteiger partial charge on any atom is 0.410 e. The zero-order valence-corrected chi connectivity index (χ0v) is 18.0. The number of rotatable bonds is 3. The first-order valence-corrected chi connectivity index (χ1v) is 10.2. The van der Waals surface area contributed by atoms with Crippen LogP contribution in [-0.4, -0.2) is 63.1 Å². The fraction of sp³-hybridized carbons (Fsp3) is 0.650. The van der Waals surface area contributed by atoms with Crippen LogP contribution in [0.25, 0.3) is 0 Å². The van der Waals surface area contributed by atoms with E-state index in [2.05, 4.69) is 20.2 Å². The molecule has 27 heavy (non-hydrogen) atoms. The van der Waals surface area contributed by atoms with Gasteiger partial charge in [0.1, 0.15) is 18.0 Å². The highest BCUT2D eigenvalue weighted by atomic mass is 31.0. The summed E-state index contributed by atoms with van der Waals surface area (Å²) < 4.78 is 16.8. The van der Waals surface area contributed by atoms with Crippen molar-refractivity contribution in [2.24, 2.45) is 0 Å². The lowest BCUT2D eigenvalue weighted by molar-refractivity contribution is 0.0258. The Balaban J connectivity index is 1.83. The van der Waals surface area contributed by atoms with Crippen LogP contribution in [-0.2, 0) is 22.3 Å². The second kappa shape index (κ2) is 8.24. The molecule has 1 amide bonds. The van der Waals surface area contributed by atoms with Crippen LogP contribution in [0.3, 0.4) is 0 Å². The minimum absolute atomic E-state index is 0.233. The van der Waals surface area contributed by atoms with Crippen molar-refractivity contribution < 1.29 is 19.0 Å². The van der Waals surface area contributed by atoms with Gasteiger partial charge in [-0.25, -0.2) is 4.79 Å². The van der Waals surface area contributed by atoms with Crippen molar-refractivity contribution >= 4 is 26.3 Å². The van der Waals surface area contributed by atoms with Crippen molar-refractivity contribution in [1.29, 1.82) is 0 Å². The van der Waals surface area contributed by atoms with E-state index in [0.29, 0.717) is 26.3 Å². The number of anilines is 1. The van der Waals surface area contributed by atoms with Gasteiger partial charge in [0.15, 0.2) is 0 Å². The quantitative estimate of drug-likeness (QED) is 0.737. The highest BCUT2D eigenvalue weighted by Gasteiger charge is 2.28. The monoisotopic (exact) mass is 394 g/mol. The minimum atomic E-state index is -0.475. The summed E-state index contributed by atoms with van der Waals surface area (Å²) in [5.74, 6) is 0.937. The summed E-state index contributed by atoms with van der Waals surface area (Å²) in [5, 5.41) is 1.18. The van der Waals surface area contributed by atoms with Crippen molar-refractivity contribution in [2.45, 2.75) is 39.2 Å². The van der Waals surface area contributed by atoms with Gasteiger partial charge in [0.25, 0.3) is 0 Å². The van der Waals surface area contributed by atoms with Gasteiger partial charge in [-0.2, -0.15) is 0 Å². The second-order valence-corrected chi connectivity index (χ2v) is 8.65. The number of amides is 1. The molecule has 0 fully saturated rings. The molecule has 0 N–H and O–H groups in total. The third-order valence-corrected chi connectivity index (χ3v) is 5.56. The number of benzene rings is 1. The Kier molecular flexibility index (Phi) is 6.17. The van der Waals surface area contributed by atoms with Crippen LogP contribution in [0.2, 0.25) is 0 Å². The maximum atomic E-state index is 12.5. The predicted octanol–water partition coefficient (Wildman–Crippen LogP) is 2.37. The molecular weight excluding hydrogens is 363 g/mol. The number of nitrogens with zero attached hydrogens (tertiary/aromatic N) is 2. The van der Waals surface area contributed by atoms with Crippen molar-refractivity contribution in [1.82, 2.24) is 4.90 Å². The van der Waals surface area contributed by atoms with Crippen LogP contribution in [0.15, 0.2) is 6.07 Å². The standard InChI is InChI=1S/C20H31N2O4P/c1-20(2,3)26-19(23)22-7-5-14-13-16-17(18(27)15(14)6-8-22)21(9-11-24-4)10-12-25-16/h13H,5-12,27H2,1-4H3. The van der Waals surface area contributed by atoms with Crippen LogP contribution in [0.5, 0.6) is 5.75 Å². The first kappa shape index (κ1) is 20.2. The van der Waals surface area contributed by atoms with Crippen molar-refractivity contribution in [3.05, 3.63) is 17.2 Å². The molecule has 1 unspecified atom stereocenters. The molecule has 0 aromatic heterocycles. The molecule has 6 nitrogen and oxygen atoms in total. The van der Waals surface area contributed by atoms with Gasteiger partial charge in [0, 0.05) is 32.0 Å². The first-order chi connectivity index (χ1) is 12.8. The summed E-state index contributed by atoms with van der Waals surface area (Å²) in [6, 6.07) is 2.16. The van der Waals surface area contributed by atoms with E-state index in [-0.39, 0.29) is 6.09 Å². The largest absolute Gasteiger partial charge is 0.490 e. The van der Waals surface area contributed by atoms with Crippen LogP contribution in [0.1, 0.15) is 31.9 Å². The number of carbonyl (C=O) groups is 1. The van der Waals surface area contributed by atoms with E-state index >= 15 is 0 Å². The smallest absolute Gasteiger partial charge is 0.410 e. The third kappa shape index (κ3) is 4.67. The van der Waals surface area contributed by atoms with Gasteiger partial charge in [-0.1, -0.05) is 0 Å². The lowest BCUT2D eigenvalue weighted by Crippen LogP contribution is -2.38. The number of hydrogen-bond donors (Lipinski definition) is 0. The van der Waals surface area contributed by atoms with E-state index in [0.717, 1.165) is 37.4 Å². The molecule has 1 aromatic rings. The normalized spacial score (nSPS) is 16.9. The Bertz CT molecular complexity index is 702. The molecule has 0 saturated heterocycles. The fourth-order valence-electron chi connectivity index (χ4n) is 3.64. The van der Waals surface area contributed by atoms with E-state index in [1.807, 2.05) is 25.7 Å². The average molecular weight is 394 g/mol. The summed E-state index contributed by atoms with van der Waals surface area (Å²) in [4.78, 5) is 16.6. The molecule has 7 heteroatoms. The molecule has 0 bridgehead atoms. The van der Waals surface area contributed by atoms with E-state index in [9.17, 15) is 4.79 Å². The number of methoxy groups -OCH3 is 1. The highest BCUT2D eigenvalue weighted by Crippen LogP contribution is 2.35. The van der Waals surface area contributed by atoms with Crippen molar-refractivity contribution in [2.75, 3.05) is 51.4 Å². The van der Waals surface area contributed by atoms with Gasteiger partial charge in [-0.15, -0.1) is 9.24 Å². The number of carbonyl (C=O) groups excluding carboxylic acids is 1. The molecule has 0 radical (unpaired) electrons. The number of fused-ring (bicyclic) bond motifs is 2.